The van der Waals surface area contributed by atoms with Gasteiger partial charge in [0.15, 0.2) is 16.6 Å². The highest BCUT2D eigenvalue weighted by Crippen LogP contribution is 2.32. The number of alkyl halides is 3. The van der Waals surface area contributed by atoms with E-state index >= 15 is 0 Å². The lowest BCUT2D eigenvalue weighted by Gasteiger charge is -2.09. The summed E-state index contributed by atoms with van der Waals surface area (Å²) in [4.78, 5) is 17.5. The number of hydrogen-bond acceptors (Lipinski definition) is 5. The summed E-state index contributed by atoms with van der Waals surface area (Å²) in [6.07, 6.45) is -1.55. The van der Waals surface area contributed by atoms with Crippen LogP contribution in [-0.4, -0.2) is 24.1 Å². The highest BCUT2D eigenvalue weighted by molar-refractivity contribution is 7.15. The van der Waals surface area contributed by atoms with Crippen LogP contribution in [0.25, 0.3) is 0 Å². The zero-order valence-electron chi connectivity index (χ0n) is 15.7. The minimum Gasteiger partial charge on any atom is -0.490 e. The number of rotatable bonds is 4. The summed E-state index contributed by atoms with van der Waals surface area (Å²) in [5.74, 6) is 0.806. The Morgan fingerprint density at radius 3 is 2.53 bits per heavy atom. The SMILES string of the molecule is O=C(Nc1ncc(Cc2ccc(C(F)(F)F)cc2)s1)c1ccc2c(c1)OCCCO2. The molecule has 0 fully saturated rings. The van der Waals surface area contributed by atoms with Crippen molar-refractivity contribution >= 4 is 22.4 Å². The first kappa shape index (κ1) is 20.2. The van der Waals surface area contributed by atoms with Gasteiger partial charge in [-0.05, 0) is 35.9 Å². The summed E-state index contributed by atoms with van der Waals surface area (Å²) in [5.41, 5.74) is 0.463. The maximum Gasteiger partial charge on any atom is 0.416 e. The number of anilines is 1. The fraction of sp³-hybridized carbons (Fsp3) is 0.238. The minimum atomic E-state index is -4.35. The van der Waals surface area contributed by atoms with Crippen LogP contribution in [0.5, 0.6) is 11.5 Å². The normalized spacial score (nSPS) is 13.6. The van der Waals surface area contributed by atoms with E-state index in [4.69, 9.17) is 9.47 Å². The fourth-order valence-corrected chi connectivity index (χ4v) is 3.78. The van der Waals surface area contributed by atoms with Crippen molar-refractivity contribution in [2.24, 2.45) is 0 Å². The van der Waals surface area contributed by atoms with E-state index in [2.05, 4.69) is 10.3 Å². The van der Waals surface area contributed by atoms with Crippen LogP contribution in [0.2, 0.25) is 0 Å². The van der Waals surface area contributed by atoms with Gasteiger partial charge in [-0.1, -0.05) is 12.1 Å². The molecule has 0 saturated heterocycles. The van der Waals surface area contributed by atoms with Crippen molar-refractivity contribution in [3.05, 3.63) is 70.2 Å². The molecule has 2 aromatic carbocycles. The van der Waals surface area contributed by atoms with Gasteiger partial charge in [-0.15, -0.1) is 11.3 Å². The van der Waals surface area contributed by atoms with E-state index in [0.29, 0.717) is 41.8 Å². The first-order chi connectivity index (χ1) is 14.4. The molecule has 2 heterocycles. The molecule has 4 rings (SSSR count). The molecule has 0 bridgehead atoms. The molecule has 5 nitrogen and oxygen atoms in total. The van der Waals surface area contributed by atoms with Crippen LogP contribution >= 0.6 is 11.3 Å². The van der Waals surface area contributed by atoms with E-state index in [-0.39, 0.29) is 5.91 Å². The van der Waals surface area contributed by atoms with Crippen molar-refractivity contribution in [2.45, 2.75) is 19.0 Å². The molecule has 1 amide bonds. The zero-order valence-corrected chi connectivity index (χ0v) is 16.5. The average Bonchev–Trinajstić information content (AvgIpc) is 3.01. The molecule has 0 saturated carbocycles. The molecule has 0 atom stereocenters. The van der Waals surface area contributed by atoms with E-state index in [1.165, 1.54) is 23.5 Å². The predicted octanol–water partition coefficient (Wildman–Crippen LogP) is 5.17. The Bertz CT molecular complexity index is 1050. The van der Waals surface area contributed by atoms with Crippen LogP contribution < -0.4 is 14.8 Å². The zero-order chi connectivity index (χ0) is 21.1. The third-order valence-corrected chi connectivity index (χ3v) is 5.36. The molecule has 9 heteroatoms. The number of halogens is 3. The summed E-state index contributed by atoms with van der Waals surface area (Å²) in [5, 5.41) is 3.15. The maximum atomic E-state index is 12.7. The first-order valence-corrected chi connectivity index (χ1v) is 10.0. The van der Waals surface area contributed by atoms with Crippen molar-refractivity contribution in [1.82, 2.24) is 4.98 Å². The second-order valence-corrected chi connectivity index (χ2v) is 7.78. The van der Waals surface area contributed by atoms with Crippen LogP contribution in [0.1, 0.15) is 32.8 Å². The number of benzene rings is 2. The van der Waals surface area contributed by atoms with Gasteiger partial charge in [0.05, 0.1) is 18.8 Å². The van der Waals surface area contributed by atoms with Crippen LogP contribution in [0.15, 0.2) is 48.7 Å². The Kier molecular flexibility index (Phi) is 5.63. The van der Waals surface area contributed by atoms with E-state index in [1.54, 1.807) is 24.4 Å². The minimum absolute atomic E-state index is 0.332. The molecule has 1 N–H and O–H groups in total. The summed E-state index contributed by atoms with van der Waals surface area (Å²) in [6, 6.07) is 9.99. The lowest BCUT2D eigenvalue weighted by Crippen LogP contribution is -2.11. The Balaban J connectivity index is 1.41. The molecule has 1 aliphatic heterocycles. The van der Waals surface area contributed by atoms with E-state index in [1.807, 2.05) is 0 Å². The van der Waals surface area contributed by atoms with E-state index in [0.717, 1.165) is 29.0 Å². The van der Waals surface area contributed by atoms with Gasteiger partial charge in [0, 0.05) is 29.5 Å². The molecule has 156 valence electrons. The third-order valence-electron chi connectivity index (χ3n) is 4.44. The standard InChI is InChI=1S/C21H17F3N2O3S/c22-21(23,24)15-5-2-13(3-6-15)10-16-12-25-20(30-16)26-19(27)14-4-7-17-18(11-14)29-9-1-8-28-17/h2-7,11-12H,1,8-10H2,(H,25,26,27). The van der Waals surface area contributed by atoms with Crippen molar-refractivity contribution in [1.29, 1.82) is 0 Å². The summed E-state index contributed by atoms with van der Waals surface area (Å²) >= 11 is 1.27. The monoisotopic (exact) mass is 434 g/mol. The van der Waals surface area contributed by atoms with Gasteiger partial charge >= 0.3 is 6.18 Å². The third kappa shape index (κ3) is 4.73. The Morgan fingerprint density at radius 2 is 1.80 bits per heavy atom. The van der Waals surface area contributed by atoms with Crippen molar-refractivity contribution in [3.63, 3.8) is 0 Å². The fourth-order valence-electron chi connectivity index (χ4n) is 2.93. The highest BCUT2D eigenvalue weighted by Gasteiger charge is 2.29. The number of thiazole rings is 1. The van der Waals surface area contributed by atoms with Crippen LogP contribution in [-0.2, 0) is 12.6 Å². The number of nitrogens with zero attached hydrogens (tertiary/aromatic N) is 1. The molecule has 0 aliphatic carbocycles. The lowest BCUT2D eigenvalue weighted by atomic mass is 10.1. The van der Waals surface area contributed by atoms with E-state index in [9.17, 15) is 18.0 Å². The Labute approximate surface area is 174 Å². The van der Waals surface area contributed by atoms with Gasteiger partial charge in [0.2, 0.25) is 0 Å². The number of fused-ring (bicyclic) bond motifs is 1. The molecule has 0 spiro atoms. The number of hydrogen-bond donors (Lipinski definition) is 1. The molecule has 30 heavy (non-hydrogen) atoms. The van der Waals surface area contributed by atoms with Gasteiger partial charge < -0.3 is 9.47 Å². The smallest absolute Gasteiger partial charge is 0.416 e. The molecule has 0 radical (unpaired) electrons. The van der Waals surface area contributed by atoms with Crippen LogP contribution in [0.3, 0.4) is 0 Å². The predicted molar refractivity (Wildman–Crippen MR) is 106 cm³/mol. The number of nitrogens with one attached hydrogen (secondary N) is 1. The lowest BCUT2D eigenvalue weighted by molar-refractivity contribution is -0.137. The number of ether oxygens (including phenoxy) is 2. The highest BCUT2D eigenvalue weighted by atomic mass is 32.1. The number of amides is 1. The second-order valence-electron chi connectivity index (χ2n) is 6.67. The molecular weight excluding hydrogens is 417 g/mol. The van der Waals surface area contributed by atoms with Crippen molar-refractivity contribution in [2.75, 3.05) is 18.5 Å². The Morgan fingerprint density at radius 1 is 1.07 bits per heavy atom. The first-order valence-electron chi connectivity index (χ1n) is 9.20. The maximum absolute atomic E-state index is 12.7. The number of carbonyl (C=O) groups is 1. The second kappa shape index (κ2) is 8.35. The number of aromatic nitrogens is 1. The molecular formula is C21H17F3N2O3S. The van der Waals surface area contributed by atoms with Gasteiger partial charge in [-0.3, -0.25) is 10.1 Å². The van der Waals surface area contributed by atoms with Gasteiger partial charge in [0.25, 0.3) is 5.91 Å². The summed E-state index contributed by atoms with van der Waals surface area (Å²) < 4.78 is 49.1. The summed E-state index contributed by atoms with van der Waals surface area (Å²) in [7, 11) is 0. The van der Waals surface area contributed by atoms with Gasteiger partial charge in [-0.2, -0.15) is 13.2 Å². The molecule has 1 aliphatic rings. The molecule has 1 aromatic heterocycles. The Hall–Kier alpha value is -3.07. The summed E-state index contributed by atoms with van der Waals surface area (Å²) in [6.45, 7) is 1.09. The molecule has 3 aromatic rings. The van der Waals surface area contributed by atoms with Crippen molar-refractivity contribution in [3.8, 4) is 11.5 Å². The average molecular weight is 434 g/mol. The quantitative estimate of drug-likeness (QED) is 0.616. The van der Waals surface area contributed by atoms with Gasteiger partial charge in [0.1, 0.15) is 0 Å². The topological polar surface area (TPSA) is 60.5 Å². The van der Waals surface area contributed by atoms with Crippen LogP contribution in [0.4, 0.5) is 18.3 Å². The number of carbonyl (C=O) groups excluding carboxylic acids is 1. The van der Waals surface area contributed by atoms with Crippen LogP contribution in [0, 0.1) is 0 Å². The molecule has 0 unspecified atom stereocenters. The largest absolute Gasteiger partial charge is 0.490 e. The van der Waals surface area contributed by atoms with Gasteiger partial charge in [-0.25, -0.2) is 4.98 Å². The van der Waals surface area contributed by atoms with Crippen molar-refractivity contribution < 1.29 is 27.4 Å². The van der Waals surface area contributed by atoms with E-state index < -0.39 is 11.7 Å².